The van der Waals surface area contributed by atoms with Crippen LogP contribution >= 0.6 is 0 Å². The van der Waals surface area contributed by atoms with Crippen molar-refractivity contribution in [2.75, 3.05) is 7.11 Å². The lowest BCUT2D eigenvalue weighted by atomic mass is 9.63. The van der Waals surface area contributed by atoms with E-state index in [1.165, 1.54) is 7.11 Å². The summed E-state index contributed by atoms with van der Waals surface area (Å²) in [7, 11) is 1.34. The Labute approximate surface area is 96.9 Å². The number of halogens is 1. The average molecular weight is 228 g/mol. The molecule has 92 valence electrons. The zero-order chi connectivity index (χ0) is 12.4. The summed E-state index contributed by atoms with van der Waals surface area (Å²) in [5.41, 5.74) is -0.433. The van der Waals surface area contributed by atoms with Crippen LogP contribution in [0.25, 0.3) is 0 Å². The number of esters is 1. The van der Waals surface area contributed by atoms with Crippen molar-refractivity contribution < 1.29 is 13.9 Å². The molecule has 0 N–H and O–H groups in total. The molecule has 0 aromatic rings. The van der Waals surface area contributed by atoms with E-state index in [2.05, 4.69) is 25.2 Å². The molecule has 0 bridgehead atoms. The van der Waals surface area contributed by atoms with Gasteiger partial charge in [-0.15, -0.1) is 0 Å². The lowest BCUT2D eigenvalue weighted by Gasteiger charge is -2.42. The maximum Gasteiger partial charge on any atom is 0.306 e. The Hall–Kier alpha value is -0.860. The Morgan fingerprint density at radius 2 is 1.81 bits per heavy atom. The standard InChI is InChI=1S/C13H21FO2/c1-10(14)13(9-11(15)16-4)7-5-12(2,3)6-8-13/h1,5-9H2,2-4H3. The molecular weight excluding hydrogens is 207 g/mol. The van der Waals surface area contributed by atoms with E-state index in [1.54, 1.807) is 0 Å². The van der Waals surface area contributed by atoms with Crippen LogP contribution in [0.3, 0.4) is 0 Å². The molecule has 0 aliphatic heterocycles. The highest BCUT2D eigenvalue weighted by atomic mass is 19.1. The molecule has 16 heavy (non-hydrogen) atoms. The second-order valence-electron chi connectivity index (χ2n) is 5.60. The molecule has 0 unspecified atom stereocenters. The third-order valence-corrected chi connectivity index (χ3v) is 3.85. The molecule has 0 aromatic carbocycles. The van der Waals surface area contributed by atoms with Gasteiger partial charge in [0, 0.05) is 5.41 Å². The van der Waals surface area contributed by atoms with Crippen molar-refractivity contribution in [1.82, 2.24) is 0 Å². The van der Waals surface area contributed by atoms with Crippen molar-refractivity contribution in [1.29, 1.82) is 0 Å². The van der Waals surface area contributed by atoms with E-state index in [-0.39, 0.29) is 23.6 Å². The quantitative estimate of drug-likeness (QED) is 0.690. The summed E-state index contributed by atoms with van der Waals surface area (Å²) in [6.07, 6.45) is 3.34. The fourth-order valence-electron chi connectivity index (χ4n) is 2.30. The Kier molecular flexibility index (Phi) is 3.76. The van der Waals surface area contributed by atoms with Crippen LogP contribution in [0.5, 0.6) is 0 Å². The first-order valence-corrected chi connectivity index (χ1v) is 5.73. The first-order valence-electron chi connectivity index (χ1n) is 5.73. The Bertz CT molecular complexity index is 284. The molecule has 0 aromatic heterocycles. The second kappa shape index (κ2) is 4.56. The number of ether oxygens (including phenoxy) is 1. The molecule has 1 fully saturated rings. The van der Waals surface area contributed by atoms with Crippen molar-refractivity contribution in [3.05, 3.63) is 12.4 Å². The third-order valence-electron chi connectivity index (χ3n) is 3.85. The van der Waals surface area contributed by atoms with Crippen LogP contribution in [0.2, 0.25) is 0 Å². The van der Waals surface area contributed by atoms with E-state index in [1.807, 2.05) is 0 Å². The molecule has 0 spiro atoms. The van der Waals surface area contributed by atoms with Gasteiger partial charge >= 0.3 is 5.97 Å². The molecule has 0 atom stereocenters. The van der Waals surface area contributed by atoms with Crippen LogP contribution in [0.1, 0.15) is 46.0 Å². The van der Waals surface area contributed by atoms with Crippen molar-refractivity contribution in [2.45, 2.75) is 46.0 Å². The van der Waals surface area contributed by atoms with Gasteiger partial charge in [-0.25, -0.2) is 4.39 Å². The highest BCUT2D eigenvalue weighted by Gasteiger charge is 2.42. The average Bonchev–Trinajstić information content (AvgIpc) is 2.21. The Morgan fingerprint density at radius 3 is 2.19 bits per heavy atom. The van der Waals surface area contributed by atoms with Gasteiger partial charge in [-0.3, -0.25) is 4.79 Å². The van der Waals surface area contributed by atoms with Crippen molar-refractivity contribution >= 4 is 5.97 Å². The van der Waals surface area contributed by atoms with Gasteiger partial charge in [0.15, 0.2) is 0 Å². The van der Waals surface area contributed by atoms with E-state index in [0.717, 1.165) is 12.8 Å². The molecule has 0 heterocycles. The van der Waals surface area contributed by atoms with Gasteiger partial charge in [-0.2, -0.15) is 0 Å². The van der Waals surface area contributed by atoms with Gasteiger partial charge in [0.25, 0.3) is 0 Å². The van der Waals surface area contributed by atoms with Crippen molar-refractivity contribution in [2.24, 2.45) is 10.8 Å². The summed E-state index contributed by atoms with van der Waals surface area (Å²) < 4.78 is 18.2. The van der Waals surface area contributed by atoms with Gasteiger partial charge < -0.3 is 4.74 Å². The Morgan fingerprint density at radius 1 is 1.31 bits per heavy atom. The lowest BCUT2D eigenvalue weighted by molar-refractivity contribution is -0.144. The SMILES string of the molecule is C=C(F)C1(CC(=O)OC)CCC(C)(C)CC1. The summed E-state index contributed by atoms with van der Waals surface area (Å²) in [6.45, 7) is 7.76. The number of hydrogen-bond acceptors (Lipinski definition) is 2. The number of hydrogen-bond donors (Lipinski definition) is 0. The maximum atomic E-state index is 13.6. The van der Waals surface area contributed by atoms with Gasteiger partial charge in [0.1, 0.15) is 0 Å². The summed E-state index contributed by atoms with van der Waals surface area (Å²) in [5, 5.41) is 0. The molecular formula is C13H21FO2. The first-order chi connectivity index (χ1) is 7.31. The lowest BCUT2D eigenvalue weighted by Crippen LogP contribution is -2.34. The van der Waals surface area contributed by atoms with Gasteiger partial charge in [-0.1, -0.05) is 20.4 Å². The topological polar surface area (TPSA) is 26.3 Å². The first kappa shape index (κ1) is 13.2. The number of rotatable bonds is 3. The van der Waals surface area contributed by atoms with Crippen LogP contribution in [-0.4, -0.2) is 13.1 Å². The monoisotopic (exact) mass is 228 g/mol. The van der Waals surface area contributed by atoms with E-state index >= 15 is 0 Å². The van der Waals surface area contributed by atoms with Gasteiger partial charge in [0.2, 0.25) is 0 Å². The van der Waals surface area contributed by atoms with E-state index in [9.17, 15) is 9.18 Å². The zero-order valence-electron chi connectivity index (χ0n) is 10.4. The van der Waals surface area contributed by atoms with Crippen LogP contribution in [0.15, 0.2) is 12.4 Å². The molecule has 0 radical (unpaired) electrons. The van der Waals surface area contributed by atoms with Gasteiger partial charge in [0.05, 0.1) is 19.4 Å². The maximum absolute atomic E-state index is 13.6. The van der Waals surface area contributed by atoms with Crippen LogP contribution in [0, 0.1) is 10.8 Å². The second-order valence-corrected chi connectivity index (χ2v) is 5.60. The minimum absolute atomic E-state index is 0.120. The Balaban J connectivity index is 2.77. The molecule has 3 heteroatoms. The molecule has 1 rings (SSSR count). The third kappa shape index (κ3) is 2.83. The number of methoxy groups -OCH3 is 1. The molecule has 0 amide bonds. The minimum atomic E-state index is -0.678. The normalized spacial score (nSPS) is 22.5. The molecule has 1 aliphatic rings. The summed E-state index contributed by atoms with van der Waals surface area (Å²) in [6, 6.07) is 0. The summed E-state index contributed by atoms with van der Waals surface area (Å²) in [5.74, 6) is -0.716. The zero-order valence-corrected chi connectivity index (χ0v) is 10.4. The van der Waals surface area contributed by atoms with Crippen LogP contribution < -0.4 is 0 Å². The van der Waals surface area contributed by atoms with Crippen LogP contribution in [0.4, 0.5) is 4.39 Å². The smallest absolute Gasteiger partial charge is 0.306 e. The summed E-state index contributed by atoms with van der Waals surface area (Å²) >= 11 is 0. The number of carbonyl (C=O) groups is 1. The summed E-state index contributed by atoms with van der Waals surface area (Å²) in [4.78, 5) is 11.3. The van der Waals surface area contributed by atoms with Crippen LogP contribution in [-0.2, 0) is 9.53 Å². The van der Waals surface area contributed by atoms with Crippen molar-refractivity contribution in [3.8, 4) is 0 Å². The fraction of sp³-hybridized carbons (Fsp3) is 0.769. The minimum Gasteiger partial charge on any atom is -0.469 e. The highest BCUT2D eigenvalue weighted by molar-refractivity contribution is 5.70. The largest absolute Gasteiger partial charge is 0.469 e. The predicted molar refractivity (Wildman–Crippen MR) is 61.6 cm³/mol. The predicted octanol–water partition coefficient (Wildman–Crippen LogP) is 3.62. The number of allylic oxidation sites excluding steroid dienone is 1. The molecule has 2 nitrogen and oxygen atoms in total. The van der Waals surface area contributed by atoms with Gasteiger partial charge in [-0.05, 0) is 31.1 Å². The fourth-order valence-corrected chi connectivity index (χ4v) is 2.30. The van der Waals surface area contributed by atoms with E-state index in [4.69, 9.17) is 0 Å². The molecule has 1 aliphatic carbocycles. The van der Waals surface area contributed by atoms with E-state index in [0.29, 0.717) is 12.8 Å². The highest BCUT2D eigenvalue weighted by Crippen LogP contribution is 2.50. The number of carbonyl (C=O) groups excluding carboxylic acids is 1. The molecule has 1 saturated carbocycles. The van der Waals surface area contributed by atoms with Crippen molar-refractivity contribution in [3.63, 3.8) is 0 Å². The van der Waals surface area contributed by atoms with E-state index < -0.39 is 5.41 Å². The molecule has 0 saturated heterocycles.